The van der Waals surface area contributed by atoms with Gasteiger partial charge in [0.15, 0.2) is 17.0 Å². The molecule has 6 nitrogen and oxygen atoms in total. The number of anilines is 1. The van der Waals surface area contributed by atoms with Crippen LogP contribution >= 0.6 is 11.3 Å². The Labute approximate surface area is 137 Å². The van der Waals surface area contributed by atoms with Crippen molar-refractivity contribution in [3.05, 3.63) is 34.8 Å². The molecular formula is C14H21F2N5OS. The van der Waals surface area contributed by atoms with Crippen LogP contribution in [0.15, 0.2) is 24.0 Å². The summed E-state index contributed by atoms with van der Waals surface area (Å²) < 4.78 is 31.8. The maximum atomic E-state index is 13.8. The molecule has 0 aromatic carbocycles. The number of halogens is 2. The zero-order valence-electron chi connectivity index (χ0n) is 13.1. The highest BCUT2D eigenvalue weighted by Crippen LogP contribution is 2.28. The van der Waals surface area contributed by atoms with Crippen LogP contribution in [0.3, 0.4) is 0 Å². The molecule has 1 aliphatic rings. The molecule has 0 spiro atoms. The summed E-state index contributed by atoms with van der Waals surface area (Å²) >= 11 is 1.30. The molecule has 9 heteroatoms. The summed E-state index contributed by atoms with van der Waals surface area (Å²) in [6.07, 6.45) is 2.94. The molecule has 2 atom stereocenters. The Morgan fingerprint density at radius 2 is 2.26 bits per heavy atom. The fourth-order valence-electron chi connectivity index (χ4n) is 2.47. The van der Waals surface area contributed by atoms with E-state index in [1.165, 1.54) is 17.4 Å². The number of likely N-dealkylation sites (tertiary alicyclic amines) is 1. The van der Waals surface area contributed by atoms with E-state index in [2.05, 4.69) is 15.2 Å². The molecule has 128 valence electrons. The summed E-state index contributed by atoms with van der Waals surface area (Å²) in [5.74, 6) is -1.18. The minimum absolute atomic E-state index is 0.103. The molecule has 23 heavy (non-hydrogen) atoms. The number of ether oxygens (including phenoxy) is 1. The Morgan fingerprint density at radius 3 is 2.87 bits per heavy atom. The van der Waals surface area contributed by atoms with Gasteiger partial charge < -0.3 is 21.5 Å². The second-order valence-electron chi connectivity index (χ2n) is 5.36. The SMILES string of the molecule is CNc1nc(F)c(CN2CC(O/C(N)=C/C=C(\N)F)CC2C)s1. The normalized spacial score (nSPS) is 23.3. The molecule has 0 saturated carbocycles. The molecule has 0 radical (unpaired) electrons. The first-order valence-corrected chi connectivity index (χ1v) is 8.02. The summed E-state index contributed by atoms with van der Waals surface area (Å²) in [6, 6.07) is 0.217. The van der Waals surface area contributed by atoms with Crippen molar-refractivity contribution in [3.63, 3.8) is 0 Å². The van der Waals surface area contributed by atoms with E-state index in [1.807, 2.05) is 6.92 Å². The minimum atomic E-state index is -0.834. The van der Waals surface area contributed by atoms with Gasteiger partial charge in [0.1, 0.15) is 6.10 Å². The lowest BCUT2D eigenvalue weighted by Gasteiger charge is -2.19. The van der Waals surface area contributed by atoms with Gasteiger partial charge in [-0.25, -0.2) is 0 Å². The van der Waals surface area contributed by atoms with Crippen molar-refractivity contribution in [1.29, 1.82) is 0 Å². The van der Waals surface area contributed by atoms with Crippen molar-refractivity contribution in [2.75, 3.05) is 18.9 Å². The molecule has 1 saturated heterocycles. The molecule has 0 amide bonds. The summed E-state index contributed by atoms with van der Waals surface area (Å²) in [4.78, 5) is 6.49. The van der Waals surface area contributed by atoms with Crippen LogP contribution < -0.4 is 16.8 Å². The third-order valence-electron chi connectivity index (χ3n) is 3.59. The number of nitrogens with one attached hydrogen (secondary N) is 1. The minimum Gasteiger partial charge on any atom is -0.475 e. The molecule has 1 aromatic rings. The van der Waals surface area contributed by atoms with Crippen LogP contribution in [-0.2, 0) is 11.3 Å². The van der Waals surface area contributed by atoms with Gasteiger partial charge in [-0.15, -0.1) is 0 Å². The highest BCUT2D eigenvalue weighted by atomic mass is 32.1. The van der Waals surface area contributed by atoms with Crippen LogP contribution in [0, 0.1) is 5.95 Å². The average Bonchev–Trinajstić information content (AvgIpc) is 3.00. The van der Waals surface area contributed by atoms with E-state index >= 15 is 0 Å². The molecule has 0 aliphatic carbocycles. The second kappa shape index (κ2) is 7.60. The predicted molar refractivity (Wildman–Crippen MR) is 86.6 cm³/mol. The molecule has 0 bridgehead atoms. The van der Waals surface area contributed by atoms with Crippen molar-refractivity contribution in [2.24, 2.45) is 11.5 Å². The van der Waals surface area contributed by atoms with Gasteiger partial charge in [0.25, 0.3) is 0 Å². The van der Waals surface area contributed by atoms with Gasteiger partial charge in [-0.2, -0.15) is 13.8 Å². The van der Waals surface area contributed by atoms with E-state index < -0.39 is 11.9 Å². The number of allylic oxidation sites excluding steroid dienone is 2. The quantitative estimate of drug-likeness (QED) is 0.414. The van der Waals surface area contributed by atoms with Gasteiger partial charge >= 0.3 is 0 Å². The summed E-state index contributed by atoms with van der Waals surface area (Å²) in [5, 5.41) is 3.39. The van der Waals surface area contributed by atoms with Crippen LogP contribution in [0.4, 0.5) is 13.9 Å². The van der Waals surface area contributed by atoms with Crippen LogP contribution in [-0.4, -0.2) is 35.6 Å². The molecule has 2 heterocycles. The van der Waals surface area contributed by atoms with Crippen molar-refractivity contribution >= 4 is 16.5 Å². The van der Waals surface area contributed by atoms with Crippen molar-refractivity contribution in [2.45, 2.75) is 32.0 Å². The van der Waals surface area contributed by atoms with Crippen LogP contribution in [0.5, 0.6) is 0 Å². The molecule has 5 N–H and O–H groups in total. The monoisotopic (exact) mass is 345 g/mol. The molecule has 1 aliphatic heterocycles. The highest BCUT2D eigenvalue weighted by molar-refractivity contribution is 7.15. The first kappa shape index (κ1) is 17.5. The van der Waals surface area contributed by atoms with Crippen molar-refractivity contribution in [3.8, 4) is 0 Å². The Balaban J connectivity index is 1.94. The van der Waals surface area contributed by atoms with Crippen LogP contribution in [0.1, 0.15) is 18.2 Å². The lowest BCUT2D eigenvalue weighted by atomic mass is 10.2. The first-order chi connectivity index (χ1) is 10.9. The number of thiazole rings is 1. The van der Waals surface area contributed by atoms with E-state index in [-0.39, 0.29) is 18.0 Å². The number of aromatic nitrogens is 1. The number of nitrogens with two attached hydrogens (primary N) is 2. The van der Waals surface area contributed by atoms with E-state index in [1.54, 1.807) is 7.05 Å². The van der Waals surface area contributed by atoms with E-state index in [4.69, 9.17) is 16.2 Å². The van der Waals surface area contributed by atoms with E-state index in [9.17, 15) is 8.78 Å². The predicted octanol–water partition coefficient (Wildman–Crippen LogP) is 1.87. The molecule has 2 unspecified atom stereocenters. The van der Waals surface area contributed by atoms with Gasteiger partial charge in [0.2, 0.25) is 5.95 Å². The molecular weight excluding hydrogens is 324 g/mol. The fraction of sp³-hybridized carbons (Fsp3) is 0.500. The maximum absolute atomic E-state index is 13.8. The molecule has 1 fully saturated rings. The zero-order valence-corrected chi connectivity index (χ0v) is 13.9. The largest absolute Gasteiger partial charge is 0.475 e. The topological polar surface area (TPSA) is 89.4 Å². The fourth-order valence-corrected chi connectivity index (χ4v) is 3.29. The zero-order chi connectivity index (χ0) is 17.0. The standard InChI is InChI=1S/C14H21F2N5OS/c1-8-5-9(22-12(18)4-3-11(15)17)6-21(8)7-10-13(16)20-14(19-2)23-10/h3-4,8-9H,5-7,17-18H2,1-2H3,(H,19,20)/b11-3-,12-4+. The van der Waals surface area contributed by atoms with Crippen molar-refractivity contribution in [1.82, 2.24) is 9.88 Å². The Hall–Kier alpha value is -1.87. The van der Waals surface area contributed by atoms with Crippen molar-refractivity contribution < 1.29 is 13.5 Å². The van der Waals surface area contributed by atoms with E-state index in [0.29, 0.717) is 23.1 Å². The Morgan fingerprint density at radius 1 is 1.52 bits per heavy atom. The molecule has 2 rings (SSSR count). The van der Waals surface area contributed by atoms with E-state index in [0.717, 1.165) is 12.5 Å². The smallest absolute Gasteiger partial charge is 0.230 e. The van der Waals surface area contributed by atoms with Gasteiger partial charge in [-0.3, -0.25) is 4.90 Å². The van der Waals surface area contributed by atoms with Gasteiger partial charge in [-0.1, -0.05) is 11.3 Å². The third kappa shape index (κ3) is 4.80. The average molecular weight is 345 g/mol. The molecule has 1 aromatic heterocycles. The maximum Gasteiger partial charge on any atom is 0.230 e. The number of hydrogen-bond acceptors (Lipinski definition) is 7. The van der Waals surface area contributed by atoms with Gasteiger partial charge in [0, 0.05) is 38.7 Å². The van der Waals surface area contributed by atoms with Crippen LogP contribution in [0.25, 0.3) is 0 Å². The van der Waals surface area contributed by atoms with Crippen LogP contribution in [0.2, 0.25) is 0 Å². The summed E-state index contributed by atoms with van der Waals surface area (Å²) in [5.41, 5.74) is 10.6. The number of nitrogens with zero attached hydrogens (tertiary/aromatic N) is 2. The second-order valence-corrected chi connectivity index (χ2v) is 6.44. The number of hydrogen-bond donors (Lipinski definition) is 3. The third-order valence-corrected chi connectivity index (χ3v) is 4.62. The lowest BCUT2D eigenvalue weighted by Crippen LogP contribution is -2.27. The Bertz CT molecular complexity index is 600. The van der Waals surface area contributed by atoms with Gasteiger partial charge in [-0.05, 0) is 13.0 Å². The highest BCUT2D eigenvalue weighted by Gasteiger charge is 2.31. The summed E-state index contributed by atoms with van der Waals surface area (Å²) in [6.45, 7) is 3.12. The Kier molecular flexibility index (Phi) is 5.78. The first-order valence-electron chi connectivity index (χ1n) is 7.21. The summed E-state index contributed by atoms with van der Waals surface area (Å²) in [7, 11) is 1.71. The van der Waals surface area contributed by atoms with Gasteiger partial charge in [0.05, 0.1) is 4.88 Å². The lowest BCUT2D eigenvalue weighted by molar-refractivity contribution is 0.117. The number of rotatable bonds is 6.